The zero-order valence-corrected chi connectivity index (χ0v) is 38.8. The molecule has 5 nitrogen and oxygen atoms in total. The number of benzene rings is 1. The molecular weight excluding hydrogens is 693 g/mol. The fourth-order valence-corrected chi connectivity index (χ4v) is 17.6. The van der Waals surface area contributed by atoms with Gasteiger partial charge in [0, 0.05) is 12.5 Å². The molecule has 1 saturated carbocycles. The molecule has 0 radical (unpaired) electrons. The highest BCUT2D eigenvalue weighted by Crippen LogP contribution is 2.46. The van der Waals surface area contributed by atoms with Crippen LogP contribution in [0.4, 0.5) is 0 Å². The lowest BCUT2D eigenvalue weighted by atomic mass is 9.85. The quantitative estimate of drug-likeness (QED) is 0.0367. The largest absolute Gasteiger partial charge is 0.463 e. The van der Waals surface area contributed by atoms with Gasteiger partial charge in [0.1, 0.15) is 0 Å². The third-order valence-corrected chi connectivity index (χ3v) is 27.1. The van der Waals surface area contributed by atoms with Crippen molar-refractivity contribution >= 4 is 30.9 Å². The van der Waals surface area contributed by atoms with Crippen LogP contribution in [0.15, 0.2) is 42.5 Å². The van der Waals surface area contributed by atoms with Gasteiger partial charge in [-0.1, -0.05) is 105 Å². The zero-order chi connectivity index (χ0) is 38.6. The molecule has 0 amide bonds. The highest BCUT2D eigenvalue weighted by molar-refractivity contribution is 6.74. The molecule has 0 unspecified atom stereocenters. The van der Waals surface area contributed by atoms with Crippen LogP contribution in [-0.2, 0) is 29.2 Å². The Hall–Kier alpha value is -1.04. The molecule has 5 atom stereocenters. The van der Waals surface area contributed by atoms with Crippen LogP contribution in [0, 0.1) is 11.8 Å². The second-order valence-electron chi connectivity index (χ2n) is 16.1. The fraction of sp³-hybridized carbons (Fsp3) is 0.795. The van der Waals surface area contributed by atoms with Crippen molar-refractivity contribution < 1.29 is 22.8 Å². The summed E-state index contributed by atoms with van der Waals surface area (Å²) in [6, 6.07) is 21.6. The average molecular weight is 775 g/mol. The minimum Gasteiger partial charge on any atom is -0.463 e. The number of carbonyl (C=O) groups excluding carboxylic acids is 1. The van der Waals surface area contributed by atoms with Gasteiger partial charge in [-0.2, -0.15) is 0 Å². The Labute approximate surface area is 325 Å². The summed E-state index contributed by atoms with van der Waals surface area (Å²) in [6.45, 7) is 25.1. The lowest BCUT2D eigenvalue weighted by Crippen LogP contribution is -2.42. The maximum atomic E-state index is 12.1. The van der Waals surface area contributed by atoms with E-state index < -0.39 is 25.0 Å². The molecule has 300 valence electrons. The molecule has 0 aromatic heterocycles. The van der Waals surface area contributed by atoms with Crippen LogP contribution < -0.4 is 0 Å². The number of esters is 1. The smallest absolute Gasteiger partial charge is 0.306 e. The summed E-state index contributed by atoms with van der Waals surface area (Å²) < 4.78 is 27.7. The van der Waals surface area contributed by atoms with Crippen LogP contribution in [0.2, 0.25) is 54.4 Å². The monoisotopic (exact) mass is 775 g/mol. The first kappa shape index (κ1) is 47.1. The number of carbonyl (C=O) groups is 1. The van der Waals surface area contributed by atoms with Gasteiger partial charge in [0.25, 0.3) is 0 Å². The summed E-state index contributed by atoms with van der Waals surface area (Å²) in [5, 5.41) is 0. The van der Waals surface area contributed by atoms with Crippen LogP contribution in [-0.4, -0.2) is 55.3 Å². The molecule has 0 aliphatic heterocycles. The van der Waals surface area contributed by atoms with Crippen molar-refractivity contribution in [2.75, 3.05) is 0 Å². The summed E-state index contributed by atoms with van der Waals surface area (Å²) in [7, 11) is -5.46. The number of aryl methyl sites for hydroxylation is 1. The van der Waals surface area contributed by atoms with Crippen molar-refractivity contribution in [3.63, 3.8) is 0 Å². The van der Waals surface area contributed by atoms with Crippen molar-refractivity contribution in [3.8, 4) is 0 Å². The van der Waals surface area contributed by atoms with Crippen LogP contribution in [0.1, 0.15) is 133 Å². The Kier molecular flexibility index (Phi) is 22.2. The van der Waals surface area contributed by atoms with Gasteiger partial charge in [0.2, 0.25) is 0 Å². The Morgan fingerprint density at radius 3 is 1.73 bits per heavy atom. The lowest BCUT2D eigenvalue weighted by Gasteiger charge is -2.37. The van der Waals surface area contributed by atoms with Gasteiger partial charge >= 0.3 is 5.97 Å². The molecule has 52 heavy (non-hydrogen) atoms. The maximum absolute atomic E-state index is 12.1. The Balaban J connectivity index is 2.46. The number of hydrogen-bond acceptors (Lipinski definition) is 5. The molecule has 1 aromatic carbocycles. The van der Waals surface area contributed by atoms with E-state index in [0.29, 0.717) is 18.3 Å². The van der Waals surface area contributed by atoms with Crippen molar-refractivity contribution in [2.45, 2.75) is 213 Å². The first-order valence-electron chi connectivity index (χ1n) is 21.9. The predicted octanol–water partition coefficient (Wildman–Crippen LogP) is 13.3. The third-order valence-electron chi connectivity index (χ3n) is 13.1. The number of ether oxygens (including phenoxy) is 1. The van der Waals surface area contributed by atoms with Crippen molar-refractivity contribution in [3.05, 3.63) is 48.0 Å². The molecule has 8 heteroatoms. The van der Waals surface area contributed by atoms with Crippen LogP contribution >= 0.6 is 0 Å². The predicted molar refractivity (Wildman–Crippen MR) is 231 cm³/mol. The van der Waals surface area contributed by atoms with E-state index in [1.807, 2.05) is 13.8 Å². The standard InChI is InChI=1S/C44H82O5Si3/c1-12-50(13-2,14-3)47-39(33-32-38-28-24-23-25-29-38)34-35-41-40(30-26-21-22-27-31-44(45)46-37(10)11)42(48-51(15-4,16-5)17-6)36-43(41)49-52(18-7,19-8)20-9/h21,23-26,28-29,37,39-43H,12-20,22,27,30-36H2,1-11H3/b26-21-/t39-,40+,41+,42-,43+/m0/s1. The summed E-state index contributed by atoms with van der Waals surface area (Å²) in [4.78, 5) is 12.1. The summed E-state index contributed by atoms with van der Waals surface area (Å²) >= 11 is 0. The summed E-state index contributed by atoms with van der Waals surface area (Å²) in [5.41, 5.74) is 1.41. The van der Waals surface area contributed by atoms with Gasteiger partial charge in [-0.3, -0.25) is 4.79 Å². The Morgan fingerprint density at radius 2 is 1.23 bits per heavy atom. The Morgan fingerprint density at radius 1 is 0.712 bits per heavy atom. The number of hydrogen-bond donors (Lipinski definition) is 0. The highest BCUT2D eigenvalue weighted by Gasteiger charge is 2.49. The number of unbranched alkanes of at least 4 members (excludes halogenated alkanes) is 1. The van der Waals surface area contributed by atoms with E-state index in [1.54, 1.807) is 0 Å². The number of allylic oxidation sites excluding steroid dienone is 2. The summed E-state index contributed by atoms with van der Waals surface area (Å²) in [6.07, 6.45) is 14.0. The molecule has 0 bridgehead atoms. The Bertz CT molecular complexity index is 1090. The van der Waals surface area contributed by atoms with Gasteiger partial charge in [-0.25, -0.2) is 0 Å². The molecule has 1 aromatic rings. The molecule has 1 aliphatic carbocycles. The molecule has 0 N–H and O–H groups in total. The van der Waals surface area contributed by atoms with Crippen molar-refractivity contribution in [1.82, 2.24) is 0 Å². The van der Waals surface area contributed by atoms with Gasteiger partial charge in [0.15, 0.2) is 25.0 Å². The minimum atomic E-state index is -1.84. The molecule has 0 spiro atoms. The van der Waals surface area contributed by atoms with Crippen LogP contribution in [0.3, 0.4) is 0 Å². The van der Waals surface area contributed by atoms with Crippen molar-refractivity contribution in [2.24, 2.45) is 11.8 Å². The molecule has 1 aliphatic rings. The van der Waals surface area contributed by atoms with E-state index in [1.165, 1.54) is 60.0 Å². The van der Waals surface area contributed by atoms with Gasteiger partial charge in [-0.05, 0) is 137 Å². The third kappa shape index (κ3) is 14.6. The number of rotatable bonds is 28. The SMILES string of the molecule is CC[Si](CC)(CC)O[C@@H](CCc1ccccc1)CC[C@@H]1[C@@H](C/C=C\CCCC(=O)OC(C)C)[C@@H](O[Si](CC)(CC)CC)C[C@H]1O[Si](CC)(CC)CC. The molecular formula is C44H82O5Si3. The topological polar surface area (TPSA) is 54.0 Å². The van der Waals surface area contributed by atoms with Crippen LogP contribution in [0.25, 0.3) is 0 Å². The van der Waals surface area contributed by atoms with E-state index in [2.05, 4.69) is 105 Å². The molecule has 1 fully saturated rings. The lowest BCUT2D eigenvalue weighted by molar-refractivity contribution is -0.147. The summed E-state index contributed by atoms with van der Waals surface area (Å²) in [5.74, 6) is 0.794. The van der Waals surface area contributed by atoms with Crippen molar-refractivity contribution in [1.29, 1.82) is 0 Å². The minimum absolute atomic E-state index is 0.0533. The van der Waals surface area contributed by atoms with Gasteiger partial charge in [0.05, 0.1) is 18.3 Å². The first-order chi connectivity index (χ1) is 25.0. The van der Waals surface area contributed by atoms with E-state index in [4.69, 9.17) is 18.0 Å². The zero-order valence-electron chi connectivity index (χ0n) is 35.8. The normalized spacial score (nSPS) is 20.6. The average Bonchev–Trinajstić information content (AvgIpc) is 3.48. The molecule has 2 rings (SSSR count). The maximum Gasteiger partial charge on any atom is 0.306 e. The van der Waals surface area contributed by atoms with Gasteiger partial charge in [-0.15, -0.1) is 0 Å². The van der Waals surface area contributed by atoms with E-state index >= 15 is 0 Å². The fourth-order valence-electron chi connectivity index (χ4n) is 8.79. The molecule has 0 heterocycles. The van der Waals surface area contributed by atoms with Gasteiger partial charge < -0.3 is 18.0 Å². The van der Waals surface area contributed by atoms with E-state index in [9.17, 15) is 4.79 Å². The first-order valence-corrected chi connectivity index (χ1v) is 29.5. The second kappa shape index (κ2) is 24.5. The highest BCUT2D eigenvalue weighted by atomic mass is 28.4. The second-order valence-corrected chi connectivity index (χ2v) is 30.3. The van der Waals surface area contributed by atoms with E-state index in [0.717, 1.165) is 51.4 Å². The molecule has 0 saturated heterocycles. The van der Waals surface area contributed by atoms with Crippen LogP contribution in [0.5, 0.6) is 0 Å². The van der Waals surface area contributed by atoms with E-state index in [-0.39, 0.29) is 30.4 Å².